The largest absolute Gasteiger partial charge is 0.477 e. The predicted molar refractivity (Wildman–Crippen MR) is 135 cm³/mol. The highest BCUT2D eigenvalue weighted by atomic mass is 35.5. The average molecular weight is 546 g/mol. The van der Waals surface area contributed by atoms with Gasteiger partial charge in [0.1, 0.15) is 4.91 Å². The van der Waals surface area contributed by atoms with Crippen molar-refractivity contribution >= 4 is 64.5 Å². The van der Waals surface area contributed by atoms with Crippen LogP contribution in [-0.2, 0) is 4.79 Å². The molecule has 0 aliphatic heterocycles. The van der Waals surface area contributed by atoms with E-state index in [1.54, 1.807) is 54.6 Å². The summed E-state index contributed by atoms with van der Waals surface area (Å²) in [4.78, 5) is 24.1. The second-order valence-corrected chi connectivity index (χ2v) is 9.81. The maximum atomic E-state index is 12.0. The molecule has 0 amide bonds. The summed E-state index contributed by atoms with van der Waals surface area (Å²) in [5, 5.41) is 30.1. The fourth-order valence-electron chi connectivity index (χ4n) is 2.82. The van der Waals surface area contributed by atoms with Gasteiger partial charge in [-0.2, -0.15) is 0 Å². The third kappa shape index (κ3) is 6.43. The molecule has 4 aromatic rings. The van der Waals surface area contributed by atoms with E-state index in [-0.39, 0.29) is 21.7 Å². The molecule has 35 heavy (non-hydrogen) atoms. The van der Waals surface area contributed by atoms with Gasteiger partial charge in [-0.25, -0.2) is 4.79 Å². The number of thioether (sulfide) groups is 1. The second kappa shape index (κ2) is 11.0. The number of halogens is 2. The molecule has 1 heterocycles. The Morgan fingerprint density at radius 2 is 1.66 bits per heavy atom. The number of hydrogen-bond acceptors (Lipinski definition) is 8. The number of nitrogens with zero attached hydrogens (tertiary/aromatic N) is 3. The van der Waals surface area contributed by atoms with Crippen LogP contribution in [0.1, 0.15) is 5.56 Å². The van der Waals surface area contributed by atoms with Crippen molar-refractivity contribution < 1.29 is 19.2 Å². The predicted octanol–water partition coefficient (Wildman–Crippen LogP) is 7.32. The molecular weight excluding hydrogens is 533 g/mol. The lowest BCUT2D eigenvalue weighted by Gasteiger charge is -2.08. The third-order valence-electron chi connectivity index (χ3n) is 4.44. The molecule has 1 aromatic heterocycles. The number of hydrogen-bond donors (Lipinski definition) is 1. The minimum atomic E-state index is -1.25. The molecule has 4 rings (SSSR count). The summed E-state index contributed by atoms with van der Waals surface area (Å²) in [6.45, 7) is 0. The number of benzene rings is 3. The zero-order valence-electron chi connectivity index (χ0n) is 17.4. The fraction of sp³-hybridized carbons (Fsp3) is 0. The first-order valence-electron chi connectivity index (χ1n) is 9.72. The second-order valence-electron chi connectivity index (χ2n) is 6.83. The lowest BCUT2D eigenvalue weighted by molar-refractivity contribution is -0.384. The Labute approximate surface area is 217 Å². The van der Waals surface area contributed by atoms with Gasteiger partial charge in [0.05, 0.1) is 4.92 Å². The first-order chi connectivity index (χ1) is 16.8. The normalized spacial score (nSPS) is 11.4. The van der Waals surface area contributed by atoms with Crippen molar-refractivity contribution in [3.8, 4) is 11.5 Å². The first-order valence-corrected chi connectivity index (χ1v) is 12.1. The Morgan fingerprint density at radius 1 is 1.00 bits per heavy atom. The van der Waals surface area contributed by atoms with Gasteiger partial charge in [-0.15, -0.1) is 10.2 Å². The average Bonchev–Trinajstić information content (AvgIpc) is 3.30. The highest BCUT2D eigenvalue weighted by Crippen LogP contribution is 2.37. The third-order valence-corrected chi connectivity index (χ3v) is 6.89. The summed E-state index contributed by atoms with van der Waals surface area (Å²) >= 11 is 13.9. The number of carboxylic acid groups (broad SMARTS) is 1. The SMILES string of the molecule is O=C(O)/C(=C\c1cc([N+](=O)[O-])ccc1Sc1ccc(Cl)cc1)Sc1nnc(-c2ccc(Cl)cc2)o1. The van der Waals surface area contributed by atoms with Crippen LogP contribution in [0.3, 0.4) is 0 Å². The Kier molecular flexibility index (Phi) is 7.76. The van der Waals surface area contributed by atoms with Crippen molar-refractivity contribution in [3.05, 3.63) is 97.4 Å². The van der Waals surface area contributed by atoms with Crippen LogP contribution in [0.25, 0.3) is 17.5 Å². The van der Waals surface area contributed by atoms with Crippen molar-refractivity contribution in [2.24, 2.45) is 0 Å². The molecule has 0 spiro atoms. The molecule has 0 aliphatic carbocycles. The molecule has 3 aromatic carbocycles. The van der Waals surface area contributed by atoms with Crippen molar-refractivity contribution in [1.29, 1.82) is 0 Å². The Balaban J connectivity index is 1.67. The van der Waals surface area contributed by atoms with E-state index in [0.29, 0.717) is 26.1 Å². The summed E-state index contributed by atoms with van der Waals surface area (Å²) in [6, 6.07) is 18.0. The first kappa shape index (κ1) is 24.8. The minimum Gasteiger partial charge on any atom is -0.477 e. The molecule has 0 radical (unpaired) electrons. The molecule has 0 bridgehead atoms. The van der Waals surface area contributed by atoms with E-state index in [1.807, 2.05) is 0 Å². The molecule has 0 atom stereocenters. The van der Waals surface area contributed by atoms with E-state index in [9.17, 15) is 20.0 Å². The molecule has 176 valence electrons. The summed E-state index contributed by atoms with van der Waals surface area (Å²) in [7, 11) is 0. The maximum Gasteiger partial charge on any atom is 0.342 e. The van der Waals surface area contributed by atoms with Crippen molar-refractivity contribution in [3.63, 3.8) is 0 Å². The van der Waals surface area contributed by atoms with E-state index >= 15 is 0 Å². The summed E-state index contributed by atoms with van der Waals surface area (Å²) in [6.07, 6.45) is 1.34. The minimum absolute atomic E-state index is 0.000866. The summed E-state index contributed by atoms with van der Waals surface area (Å²) < 4.78 is 5.59. The number of aromatic nitrogens is 2. The van der Waals surface area contributed by atoms with E-state index in [1.165, 1.54) is 30.0 Å². The van der Waals surface area contributed by atoms with E-state index < -0.39 is 10.9 Å². The number of carbonyl (C=O) groups is 1. The number of nitro benzene ring substituents is 1. The molecule has 1 N–H and O–H groups in total. The number of carboxylic acids is 1. The lowest BCUT2D eigenvalue weighted by atomic mass is 10.2. The van der Waals surface area contributed by atoms with Crippen molar-refractivity contribution in [1.82, 2.24) is 10.2 Å². The Hall–Kier alpha value is -3.31. The van der Waals surface area contributed by atoms with Crippen LogP contribution in [-0.4, -0.2) is 26.2 Å². The summed E-state index contributed by atoms with van der Waals surface area (Å²) in [5.74, 6) is -1.06. The molecule has 12 heteroatoms. The van der Waals surface area contributed by atoms with Crippen LogP contribution < -0.4 is 0 Å². The topological polar surface area (TPSA) is 119 Å². The van der Waals surface area contributed by atoms with Gasteiger partial charge >= 0.3 is 5.97 Å². The maximum absolute atomic E-state index is 12.0. The Bertz CT molecular complexity index is 1420. The molecule has 0 unspecified atom stereocenters. The highest BCUT2D eigenvalue weighted by Gasteiger charge is 2.18. The number of rotatable bonds is 8. The number of aliphatic carboxylic acids is 1. The molecule has 0 saturated carbocycles. The monoisotopic (exact) mass is 545 g/mol. The zero-order valence-corrected chi connectivity index (χ0v) is 20.6. The van der Waals surface area contributed by atoms with Gasteiger partial charge in [-0.1, -0.05) is 35.0 Å². The van der Waals surface area contributed by atoms with Gasteiger partial charge < -0.3 is 9.52 Å². The Morgan fingerprint density at radius 3 is 2.29 bits per heavy atom. The van der Waals surface area contributed by atoms with E-state index in [0.717, 1.165) is 16.7 Å². The van der Waals surface area contributed by atoms with Gasteiger partial charge in [-0.3, -0.25) is 10.1 Å². The van der Waals surface area contributed by atoms with Crippen LogP contribution in [0.2, 0.25) is 10.0 Å². The van der Waals surface area contributed by atoms with E-state index in [4.69, 9.17) is 27.6 Å². The molecule has 8 nitrogen and oxygen atoms in total. The highest BCUT2D eigenvalue weighted by molar-refractivity contribution is 8.03. The van der Waals surface area contributed by atoms with Crippen molar-refractivity contribution in [2.45, 2.75) is 15.0 Å². The lowest BCUT2D eigenvalue weighted by Crippen LogP contribution is -1.98. The van der Waals surface area contributed by atoms with Crippen LogP contribution in [0.4, 0.5) is 5.69 Å². The molecule has 0 aliphatic rings. The number of non-ortho nitro benzene ring substituents is 1. The van der Waals surface area contributed by atoms with Crippen molar-refractivity contribution in [2.75, 3.05) is 0 Å². The standard InChI is InChI=1S/C23H13Cl2N3O5S2/c24-15-3-1-13(2-4-15)21-26-27-23(33-21)35-20(22(29)30)12-14-11-17(28(31)32)7-10-19(14)34-18-8-5-16(25)6-9-18/h1-12H,(H,29,30)/b20-12+. The van der Waals surface area contributed by atoms with Gasteiger partial charge in [-0.05, 0) is 78.0 Å². The van der Waals surface area contributed by atoms with Gasteiger partial charge in [0.2, 0.25) is 5.89 Å². The van der Waals surface area contributed by atoms with Gasteiger partial charge in [0.25, 0.3) is 10.9 Å². The number of nitro groups is 1. The smallest absolute Gasteiger partial charge is 0.342 e. The molecular formula is C23H13Cl2N3O5S2. The van der Waals surface area contributed by atoms with Gasteiger partial charge in [0.15, 0.2) is 0 Å². The van der Waals surface area contributed by atoms with E-state index in [2.05, 4.69) is 10.2 Å². The fourth-order valence-corrected chi connectivity index (χ4v) is 4.63. The quantitative estimate of drug-likeness (QED) is 0.105. The van der Waals surface area contributed by atoms with Crippen LogP contribution >= 0.6 is 46.7 Å². The molecule has 0 saturated heterocycles. The van der Waals surface area contributed by atoms with Crippen LogP contribution in [0, 0.1) is 10.1 Å². The molecule has 0 fully saturated rings. The van der Waals surface area contributed by atoms with Crippen LogP contribution in [0.15, 0.2) is 91.1 Å². The van der Waals surface area contributed by atoms with Crippen LogP contribution in [0.5, 0.6) is 0 Å². The zero-order chi connectivity index (χ0) is 24.9. The summed E-state index contributed by atoms with van der Waals surface area (Å²) in [5.41, 5.74) is 0.797. The van der Waals surface area contributed by atoms with Gasteiger partial charge in [0, 0.05) is 37.5 Å².